The van der Waals surface area contributed by atoms with Crippen molar-refractivity contribution in [2.75, 3.05) is 13.7 Å². The molecule has 0 radical (unpaired) electrons. The molecule has 7 nitrogen and oxygen atoms in total. The van der Waals surface area contributed by atoms with Gasteiger partial charge in [-0.2, -0.15) is 0 Å². The zero-order valence-electron chi connectivity index (χ0n) is 13.7. The third-order valence-electron chi connectivity index (χ3n) is 3.41. The number of aromatic nitrogens is 2. The molecule has 0 aliphatic rings. The number of hydrogen-bond donors (Lipinski definition) is 0. The second-order valence-electron chi connectivity index (χ2n) is 5.02. The predicted octanol–water partition coefficient (Wildman–Crippen LogP) is 2.52. The molecular formula is C17H16N2O5S. The van der Waals surface area contributed by atoms with E-state index in [9.17, 15) is 9.59 Å². The maximum absolute atomic E-state index is 12.2. The van der Waals surface area contributed by atoms with Crippen LogP contribution in [0.25, 0.3) is 4.96 Å². The molecule has 0 unspecified atom stereocenters. The number of carbonyl (C=O) groups is 1. The van der Waals surface area contributed by atoms with Crippen LogP contribution in [0.3, 0.4) is 0 Å². The zero-order valence-corrected chi connectivity index (χ0v) is 14.5. The highest BCUT2D eigenvalue weighted by atomic mass is 32.1. The molecule has 2 heterocycles. The molecule has 8 heteroatoms. The second-order valence-corrected chi connectivity index (χ2v) is 5.89. The Bertz CT molecular complexity index is 963. The summed E-state index contributed by atoms with van der Waals surface area (Å²) in [5.41, 5.74) is 0.521. The van der Waals surface area contributed by atoms with E-state index in [1.54, 1.807) is 29.8 Å². The van der Waals surface area contributed by atoms with E-state index in [1.807, 2.05) is 6.92 Å². The van der Waals surface area contributed by atoms with Crippen LogP contribution in [-0.4, -0.2) is 29.1 Å². The molecule has 0 aliphatic heterocycles. The summed E-state index contributed by atoms with van der Waals surface area (Å²) in [6, 6.07) is 6.16. The number of carbonyl (C=O) groups excluding carboxylic acids is 1. The number of benzene rings is 1. The Hall–Kier alpha value is -2.87. The van der Waals surface area contributed by atoms with Crippen molar-refractivity contribution in [3.8, 4) is 11.5 Å². The molecule has 1 aromatic carbocycles. The van der Waals surface area contributed by atoms with Gasteiger partial charge in [0.25, 0.3) is 5.56 Å². The van der Waals surface area contributed by atoms with Crippen molar-refractivity contribution in [3.63, 3.8) is 0 Å². The van der Waals surface area contributed by atoms with Crippen LogP contribution in [0, 0.1) is 0 Å². The number of methoxy groups -OCH3 is 1. The Labute approximate surface area is 147 Å². The van der Waals surface area contributed by atoms with Gasteiger partial charge in [0.2, 0.25) is 0 Å². The maximum Gasteiger partial charge on any atom is 0.338 e. The second kappa shape index (κ2) is 7.35. The van der Waals surface area contributed by atoms with Gasteiger partial charge in [-0.25, -0.2) is 9.78 Å². The van der Waals surface area contributed by atoms with Crippen LogP contribution in [-0.2, 0) is 11.3 Å². The Morgan fingerprint density at radius 1 is 1.28 bits per heavy atom. The highest BCUT2D eigenvalue weighted by Crippen LogP contribution is 2.28. The lowest BCUT2D eigenvalue weighted by Gasteiger charge is -2.10. The topological polar surface area (TPSA) is 79.1 Å². The first-order valence-electron chi connectivity index (χ1n) is 7.56. The van der Waals surface area contributed by atoms with Crippen molar-refractivity contribution in [2.45, 2.75) is 13.5 Å². The van der Waals surface area contributed by atoms with Gasteiger partial charge in [0, 0.05) is 17.6 Å². The van der Waals surface area contributed by atoms with E-state index in [0.29, 0.717) is 34.3 Å². The highest BCUT2D eigenvalue weighted by Gasteiger charge is 2.13. The lowest BCUT2D eigenvalue weighted by molar-refractivity contribution is 0.0467. The minimum Gasteiger partial charge on any atom is -0.493 e. The molecule has 0 N–H and O–H groups in total. The van der Waals surface area contributed by atoms with E-state index in [0.717, 1.165) is 0 Å². The Kier molecular flexibility index (Phi) is 4.99. The fourth-order valence-electron chi connectivity index (χ4n) is 2.25. The van der Waals surface area contributed by atoms with Crippen molar-refractivity contribution in [2.24, 2.45) is 0 Å². The molecule has 130 valence electrons. The average molecular weight is 360 g/mol. The van der Waals surface area contributed by atoms with Crippen LogP contribution < -0.4 is 15.0 Å². The van der Waals surface area contributed by atoms with Crippen LogP contribution in [0.1, 0.15) is 23.0 Å². The lowest BCUT2D eigenvalue weighted by Crippen LogP contribution is -2.14. The quantitative estimate of drug-likeness (QED) is 0.629. The van der Waals surface area contributed by atoms with Crippen molar-refractivity contribution in [1.29, 1.82) is 0 Å². The minimum absolute atomic E-state index is 0.0853. The molecule has 0 saturated heterocycles. The van der Waals surface area contributed by atoms with Gasteiger partial charge >= 0.3 is 5.97 Å². The first-order valence-corrected chi connectivity index (χ1v) is 8.44. The summed E-state index contributed by atoms with van der Waals surface area (Å²) in [5.74, 6) is 0.474. The van der Waals surface area contributed by atoms with Crippen LogP contribution in [0.5, 0.6) is 11.5 Å². The van der Waals surface area contributed by atoms with Gasteiger partial charge in [0.05, 0.1) is 25.0 Å². The van der Waals surface area contributed by atoms with Crippen LogP contribution in [0.2, 0.25) is 0 Å². The van der Waals surface area contributed by atoms with Crippen molar-refractivity contribution in [1.82, 2.24) is 9.38 Å². The highest BCUT2D eigenvalue weighted by molar-refractivity contribution is 7.15. The van der Waals surface area contributed by atoms with E-state index in [-0.39, 0.29) is 12.2 Å². The molecule has 0 spiro atoms. The smallest absolute Gasteiger partial charge is 0.338 e. The average Bonchev–Trinajstić information content (AvgIpc) is 3.09. The molecule has 0 atom stereocenters. The van der Waals surface area contributed by atoms with E-state index >= 15 is 0 Å². The monoisotopic (exact) mass is 360 g/mol. The molecule has 2 aromatic heterocycles. The van der Waals surface area contributed by atoms with Gasteiger partial charge in [-0.1, -0.05) is 0 Å². The maximum atomic E-state index is 12.2. The van der Waals surface area contributed by atoms with Gasteiger partial charge in [0.1, 0.15) is 6.61 Å². The zero-order chi connectivity index (χ0) is 17.8. The van der Waals surface area contributed by atoms with E-state index < -0.39 is 5.97 Å². The number of nitrogens with zero attached hydrogens (tertiary/aromatic N) is 2. The number of hydrogen-bond acceptors (Lipinski definition) is 7. The molecular weight excluding hydrogens is 344 g/mol. The molecule has 0 amide bonds. The first kappa shape index (κ1) is 17.0. The molecule has 3 rings (SSSR count). The number of fused-ring (bicyclic) bond motifs is 1. The van der Waals surface area contributed by atoms with Crippen molar-refractivity contribution >= 4 is 22.3 Å². The first-order chi connectivity index (χ1) is 12.1. The fraction of sp³-hybridized carbons (Fsp3) is 0.235. The summed E-state index contributed by atoms with van der Waals surface area (Å²) in [4.78, 5) is 29.0. The molecule has 3 aromatic rings. The third-order valence-corrected chi connectivity index (χ3v) is 4.16. The summed E-state index contributed by atoms with van der Waals surface area (Å²) in [7, 11) is 1.50. The molecule has 0 aliphatic carbocycles. The van der Waals surface area contributed by atoms with Crippen molar-refractivity contribution in [3.05, 3.63) is 57.5 Å². The largest absolute Gasteiger partial charge is 0.493 e. The lowest BCUT2D eigenvalue weighted by atomic mass is 10.2. The molecule has 0 saturated carbocycles. The van der Waals surface area contributed by atoms with Gasteiger partial charge in [-0.3, -0.25) is 9.20 Å². The van der Waals surface area contributed by atoms with Crippen molar-refractivity contribution < 1.29 is 19.0 Å². The van der Waals surface area contributed by atoms with Gasteiger partial charge < -0.3 is 14.2 Å². The number of rotatable bonds is 6. The fourth-order valence-corrected chi connectivity index (χ4v) is 2.99. The number of esters is 1. The van der Waals surface area contributed by atoms with Crippen LogP contribution >= 0.6 is 11.3 Å². The molecule has 0 bridgehead atoms. The molecule has 25 heavy (non-hydrogen) atoms. The van der Waals surface area contributed by atoms with Gasteiger partial charge in [-0.15, -0.1) is 11.3 Å². The predicted molar refractivity (Wildman–Crippen MR) is 92.6 cm³/mol. The van der Waals surface area contributed by atoms with Gasteiger partial charge in [-0.05, 0) is 25.1 Å². The van der Waals surface area contributed by atoms with E-state index in [2.05, 4.69) is 4.98 Å². The normalized spacial score (nSPS) is 10.6. The number of ether oxygens (including phenoxy) is 3. The third kappa shape index (κ3) is 3.63. The van der Waals surface area contributed by atoms with Gasteiger partial charge in [0.15, 0.2) is 16.5 Å². The molecule has 0 fully saturated rings. The Morgan fingerprint density at radius 2 is 2.12 bits per heavy atom. The SMILES string of the molecule is CCOc1ccc(C(=O)OCc2cc(=O)n3ccsc3n2)cc1OC. The summed E-state index contributed by atoms with van der Waals surface area (Å²) < 4.78 is 17.3. The van der Waals surface area contributed by atoms with E-state index in [1.165, 1.54) is 28.9 Å². The summed E-state index contributed by atoms with van der Waals surface area (Å²) in [6.07, 6.45) is 1.65. The van der Waals surface area contributed by atoms with E-state index in [4.69, 9.17) is 14.2 Å². The summed E-state index contributed by atoms with van der Waals surface area (Å²) in [5, 5.41) is 1.77. The minimum atomic E-state index is -0.533. The summed E-state index contributed by atoms with van der Waals surface area (Å²) in [6.45, 7) is 2.27. The van der Waals surface area contributed by atoms with Crippen LogP contribution in [0.15, 0.2) is 40.6 Å². The Morgan fingerprint density at radius 3 is 2.88 bits per heavy atom. The summed E-state index contributed by atoms with van der Waals surface area (Å²) >= 11 is 1.34. The van der Waals surface area contributed by atoms with Crippen LogP contribution in [0.4, 0.5) is 0 Å². The standard InChI is InChI=1S/C17H16N2O5S/c1-3-23-13-5-4-11(8-14(13)22-2)16(21)24-10-12-9-15(20)19-6-7-25-17(19)18-12/h4-9H,3,10H2,1-2H3. The Balaban J connectivity index is 1.74. The number of thiazole rings is 1.